The summed E-state index contributed by atoms with van der Waals surface area (Å²) in [6.07, 6.45) is 1.52. The molecule has 0 spiro atoms. The summed E-state index contributed by atoms with van der Waals surface area (Å²) in [7, 11) is -2.32. The molecule has 0 saturated heterocycles. The van der Waals surface area contributed by atoms with Gasteiger partial charge in [0.2, 0.25) is 0 Å². The minimum atomic E-state index is -3.74. The molecule has 2 rings (SSSR count). The summed E-state index contributed by atoms with van der Waals surface area (Å²) in [5.74, 6) is 0.903. The number of aryl methyl sites for hydroxylation is 2. The molecule has 2 aromatic rings. The maximum Gasteiger partial charge on any atom is 0.284 e. The average molecular weight is 315 g/mol. The number of anilines is 1. The van der Waals surface area contributed by atoms with Gasteiger partial charge in [-0.05, 0) is 26.0 Å². The lowest BCUT2D eigenvalue weighted by Crippen LogP contribution is -2.27. The fourth-order valence-corrected chi connectivity index (χ4v) is 3.06. The van der Waals surface area contributed by atoms with E-state index in [4.69, 9.17) is 11.6 Å². The molecule has 0 saturated carbocycles. The summed E-state index contributed by atoms with van der Waals surface area (Å²) in [5, 5.41) is 0.237. The first-order valence-corrected chi connectivity index (χ1v) is 7.83. The van der Waals surface area contributed by atoms with Crippen LogP contribution in [0.5, 0.6) is 0 Å². The van der Waals surface area contributed by atoms with E-state index < -0.39 is 10.0 Å². The van der Waals surface area contributed by atoms with Crippen molar-refractivity contribution in [1.82, 2.24) is 14.5 Å². The van der Waals surface area contributed by atoms with Crippen LogP contribution < -0.4 is 4.31 Å². The molecule has 0 N–H and O–H groups in total. The molecule has 6 nitrogen and oxygen atoms in total. The standard InChI is InChI=1S/C12H15ClN4O2S/c1-4-17-8-12(14-9(17)2)20(18,19)16(3)11-7-5-6-10(13)15-11/h5-8H,4H2,1-3H3. The van der Waals surface area contributed by atoms with Gasteiger partial charge in [0.05, 0.1) is 0 Å². The predicted molar refractivity (Wildman–Crippen MR) is 77.5 cm³/mol. The first kappa shape index (κ1) is 14.8. The highest BCUT2D eigenvalue weighted by atomic mass is 35.5. The summed E-state index contributed by atoms with van der Waals surface area (Å²) in [6, 6.07) is 4.81. The second kappa shape index (κ2) is 5.41. The molecule has 20 heavy (non-hydrogen) atoms. The zero-order chi connectivity index (χ0) is 14.9. The molecule has 2 aromatic heterocycles. The third-order valence-corrected chi connectivity index (χ3v) is 4.79. The van der Waals surface area contributed by atoms with Crippen molar-refractivity contribution in [3.63, 3.8) is 0 Å². The normalized spacial score (nSPS) is 11.6. The Balaban J connectivity index is 2.43. The second-order valence-electron chi connectivity index (χ2n) is 4.20. The van der Waals surface area contributed by atoms with Crippen LogP contribution in [0.4, 0.5) is 5.82 Å². The number of hydrogen-bond donors (Lipinski definition) is 0. The van der Waals surface area contributed by atoms with Crippen LogP contribution in [0.15, 0.2) is 29.4 Å². The Kier molecular flexibility index (Phi) is 4.01. The highest BCUT2D eigenvalue weighted by Crippen LogP contribution is 2.21. The number of halogens is 1. The van der Waals surface area contributed by atoms with Gasteiger partial charge in [0, 0.05) is 19.8 Å². The molecule has 8 heteroatoms. The monoisotopic (exact) mass is 314 g/mol. The smallest absolute Gasteiger partial charge is 0.284 e. The predicted octanol–water partition coefficient (Wildman–Crippen LogP) is 2.08. The van der Waals surface area contributed by atoms with Gasteiger partial charge in [0.15, 0.2) is 5.03 Å². The van der Waals surface area contributed by atoms with Crippen LogP contribution in [0.3, 0.4) is 0 Å². The van der Waals surface area contributed by atoms with Crippen molar-refractivity contribution in [3.05, 3.63) is 35.4 Å². The number of aromatic nitrogens is 3. The molecule has 0 amide bonds. The van der Waals surface area contributed by atoms with Crippen LogP contribution >= 0.6 is 11.6 Å². The van der Waals surface area contributed by atoms with E-state index in [2.05, 4.69) is 9.97 Å². The number of hydrogen-bond acceptors (Lipinski definition) is 4. The summed E-state index contributed by atoms with van der Waals surface area (Å²) >= 11 is 5.78. The first-order chi connectivity index (χ1) is 9.36. The third kappa shape index (κ3) is 2.64. The SMILES string of the molecule is CCn1cc(S(=O)(=O)N(C)c2cccc(Cl)n2)nc1C. The van der Waals surface area contributed by atoms with E-state index >= 15 is 0 Å². The minimum absolute atomic E-state index is 0.00104. The Labute approximate surface area is 123 Å². The fourth-order valence-electron chi connectivity index (χ4n) is 1.76. The molecule has 0 unspecified atom stereocenters. The lowest BCUT2D eigenvalue weighted by Gasteiger charge is -2.16. The molecule has 0 bridgehead atoms. The van der Waals surface area contributed by atoms with Gasteiger partial charge >= 0.3 is 0 Å². The van der Waals surface area contributed by atoms with Gasteiger partial charge < -0.3 is 4.57 Å². The van der Waals surface area contributed by atoms with Crippen LogP contribution in [0.2, 0.25) is 5.15 Å². The fraction of sp³-hybridized carbons (Fsp3) is 0.333. The van der Waals surface area contributed by atoms with E-state index in [1.54, 1.807) is 29.7 Å². The van der Waals surface area contributed by atoms with Crippen molar-refractivity contribution in [2.75, 3.05) is 11.4 Å². The van der Waals surface area contributed by atoms with E-state index in [9.17, 15) is 8.42 Å². The minimum Gasteiger partial charge on any atom is -0.334 e. The Morgan fingerprint density at radius 1 is 1.35 bits per heavy atom. The summed E-state index contributed by atoms with van der Waals surface area (Å²) in [6.45, 7) is 4.35. The molecular formula is C12H15ClN4O2S. The maximum absolute atomic E-state index is 12.5. The highest BCUT2D eigenvalue weighted by Gasteiger charge is 2.25. The van der Waals surface area contributed by atoms with Crippen molar-refractivity contribution >= 4 is 27.4 Å². The van der Waals surface area contributed by atoms with Crippen LogP contribution in [0.25, 0.3) is 0 Å². The summed E-state index contributed by atoms with van der Waals surface area (Å²) < 4.78 is 27.8. The summed E-state index contributed by atoms with van der Waals surface area (Å²) in [5.41, 5.74) is 0. The summed E-state index contributed by atoms with van der Waals surface area (Å²) in [4.78, 5) is 8.09. The molecule has 0 atom stereocenters. The Bertz CT molecular complexity index is 727. The Morgan fingerprint density at radius 3 is 2.60 bits per heavy atom. The molecule has 2 heterocycles. The van der Waals surface area contributed by atoms with Gasteiger partial charge in [0.1, 0.15) is 16.8 Å². The van der Waals surface area contributed by atoms with Crippen molar-refractivity contribution in [2.24, 2.45) is 0 Å². The zero-order valence-electron chi connectivity index (χ0n) is 11.4. The van der Waals surface area contributed by atoms with Gasteiger partial charge in [-0.25, -0.2) is 9.97 Å². The average Bonchev–Trinajstić information content (AvgIpc) is 2.79. The second-order valence-corrected chi connectivity index (χ2v) is 6.51. The van der Waals surface area contributed by atoms with Gasteiger partial charge in [-0.15, -0.1) is 0 Å². The molecule has 0 aliphatic carbocycles. The number of sulfonamides is 1. The van der Waals surface area contributed by atoms with Crippen LogP contribution in [-0.4, -0.2) is 30.0 Å². The molecule has 0 aliphatic heterocycles. The zero-order valence-corrected chi connectivity index (χ0v) is 13.0. The van der Waals surface area contributed by atoms with Crippen molar-refractivity contribution < 1.29 is 8.42 Å². The van der Waals surface area contributed by atoms with Gasteiger partial charge in [0.25, 0.3) is 10.0 Å². The van der Waals surface area contributed by atoms with Gasteiger partial charge in [-0.2, -0.15) is 8.42 Å². The number of rotatable bonds is 4. The first-order valence-electron chi connectivity index (χ1n) is 6.01. The van der Waals surface area contributed by atoms with E-state index in [-0.39, 0.29) is 16.0 Å². The Morgan fingerprint density at radius 2 is 2.05 bits per heavy atom. The molecule has 0 aliphatic rings. The molecule has 0 fully saturated rings. The van der Waals surface area contributed by atoms with Crippen molar-refractivity contribution in [1.29, 1.82) is 0 Å². The van der Waals surface area contributed by atoms with Gasteiger partial charge in [-0.3, -0.25) is 4.31 Å². The van der Waals surface area contributed by atoms with Crippen LogP contribution in [-0.2, 0) is 16.6 Å². The molecule has 108 valence electrons. The van der Waals surface area contributed by atoms with E-state index in [0.29, 0.717) is 12.4 Å². The number of imidazole rings is 1. The van der Waals surface area contributed by atoms with E-state index in [1.807, 2.05) is 6.92 Å². The van der Waals surface area contributed by atoms with Gasteiger partial charge in [-0.1, -0.05) is 17.7 Å². The van der Waals surface area contributed by atoms with Crippen molar-refractivity contribution in [2.45, 2.75) is 25.4 Å². The molecule has 0 aromatic carbocycles. The van der Waals surface area contributed by atoms with Crippen LogP contribution in [0, 0.1) is 6.92 Å². The van der Waals surface area contributed by atoms with Crippen LogP contribution in [0.1, 0.15) is 12.7 Å². The Hall–Kier alpha value is -1.60. The van der Waals surface area contributed by atoms with Crippen molar-refractivity contribution in [3.8, 4) is 0 Å². The number of nitrogens with zero attached hydrogens (tertiary/aromatic N) is 4. The largest absolute Gasteiger partial charge is 0.334 e. The quantitative estimate of drug-likeness (QED) is 0.810. The van der Waals surface area contributed by atoms with E-state index in [1.165, 1.54) is 13.2 Å². The van der Waals surface area contributed by atoms with E-state index in [0.717, 1.165) is 4.31 Å². The highest BCUT2D eigenvalue weighted by molar-refractivity contribution is 7.92. The maximum atomic E-state index is 12.5. The third-order valence-electron chi connectivity index (χ3n) is 2.94. The molecule has 0 radical (unpaired) electrons. The number of pyridine rings is 1. The lowest BCUT2D eigenvalue weighted by molar-refractivity contribution is 0.590. The molecular weight excluding hydrogens is 300 g/mol. The topological polar surface area (TPSA) is 68.1 Å². The lowest BCUT2D eigenvalue weighted by atomic mass is 10.5.